The first-order valence-electron chi connectivity index (χ1n) is 6.51. The van der Waals surface area contributed by atoms with Gasteiger partial charge in [0, 0.05) is 24.0 Å². The Morgan fingerprint density at radius 2 is 2.33 bits per heavy atom. The van der Waals surface area contributed by atoms with Gasteiger partial charge in [-0.1, -0.05) is 0 Å². The van der Waals surface area contributed by atoms with Crippen molar-refractivity contribution in [2.75, 3.05) is 24.5 Å². The van der Waals surface area contributed by atoms with E-state index in [0.29, 0.717) is 6.54 Å². The second-order valence-corrected chi connectivity index (χ2v) is 5.99. The number of nitrogens with two attached hydrogens (primary N) is 1. The Hall–Kier alpha value is -1.14. The van der Waals surface area contributed by atoms with Crippen molar-refractivity contribution < 1.29 is 4.79 Å². The Morgan fingerprint density at radius 3 is 3.17 bits per heavy atom. The van der Waals surface area contributed by atoms with Crippen molar-refractivity contribution in [1.29, 1.82) is 0 Å². The summed E-state index contributed by atoms with van der Waals surface area (Å²) in [5, 5.41) is 3.85. The minimum atomic E-state index is 0.0829. The van der Waals surface area contributed by atoms with Crippen LogP contribution in [0.5, 0.6) is 0 Å². The van der Waals surface area contributed by atoms with E-state index in [9.17, 15) is 4.79 Å². The number of amides is 1. The molecular formula is C12H18N4OS. The lowest BCUT2D eigenvalue weighted by molar-refractivity contribution is -0.119. The predicted molar refractivity (Wildman–Crippen MR) is 71.8 cm³/mol. The molecule has 3 N–H and O–H groups in total. The van der Waals surface area contributed by atoms with E-state index in [2.05, 4.69) is 15.2 Å². The zero-order valence-electron chi connectivity index (χ0n) is 10.3. The second-order valence-electron chi connectivity index (χ2n) is 4.93. The molecule has 0 saturated carbocycles. The first kappa shape index (κ1) is 11.9. The number of carbonyl (C=O) groups is 1. The van der Waals surface area contributed by atoms with Crippen molar-refractivity contribution in [3.8, 4) is 0 Å². The maximum absolute atomic E-state index is 11.6. The molecule has 18 heavy (non-hydrogen) atoms. The standard InChI is InChI=1S/C12H18N4OS/c13-8-3-1-4-9-11(8)15-12(18-9)16-6-2-5-14-10(17)7-16/h8H,1-7,13H2,(H,14,17). The second kappa shape index (κ2) is 4.85. The summed E-state index contributed by atoms with van der Waals surface area (Å²) in [6.07, 6.45) is 4.23. The maximum Gasteiger partial charge on any atom is 0.239 e. The molecule has 0 aromatic carbocycles. The zero-order valence-corrected chi connectivity index (χ0v) is 11.1. The monoisotopic (exact) mass is 266 g/mol. The lowest BCUT2D eigenvalue weighted by atomic mass is 9.99. The molecule has 1 amide bonds. The zero-order chi connectivity index (χ0) is 12.5. The quantitative estimate of drug-likeness (QED) is 0.789. The average molecular weight is 266 g/mol. The van der Waals surface area contributed by atoms with Crippen molar-refractivity contribution in [3.05, 3.63) is 10.6 Å². The van der Waals surface area contributed by atoms with E-state index in [1.54, 1.807) is 11.3 Å². The highest BCUT2D eigenvalue weighted by Gasteiger charge is 2.25. The molecule has 1 fully saturated rings. The summed E-state index contributed by atoms with van der Waals surface area (Å²) in [6, 6.07) is 0.0829. The Bertz CT molecular complexity index is 459. The van der Waals surface area contributed by atoms with E-state index in [1.165, 1.54) is 4.88 Å². The van der Waals surface area contributed by atoms with Gasteiger partial charge < -0.3 is 16.0 Å². The molecule has 1 aliphatic carbocycles. The molecule has 3 rings (SSSR count). The Morgan fingerprint density at radius 1 is 1.44 bits per heavy atom. The van der Waals surface area contributed by atoms with E-state index in [1.807, 2.05) is 0 Å². The van der Waals surface area contributed by atoms with E-state index < -0.39 is 0 Å². The van der Waals surface area contributed by atoms with Gasteiger partial charge in [0.05, 0.1) is 12.2 Å². The molecule has 2 aliphatic rings. The molecule has 1 unspecified atom stereocenters. The summed E-state index contributed by atoms with van der Waals surface area (Å²) in [7, 11) is 0. The summed E-state index contributed by atoms with van der Waals surface area (Å²) in [4.78, 5) is 19.6. The van der Waals surface area contributed by atoms with Crippen LogP contribution in [0.1, 0.15) is 35.9 Å². The number of nitrogens with zero attached hydrogens (tertiary/aromatic N) is 2. The minimum Gasteiger partial charge on any atom is -0.354 e. The number of aryl methyl sites for hydroxylation is 1. The van der Waals surface area contributed by atoms with Gasteiger partial charge in [-0.25, -0.2) is 4.98 Å². The largest absolute Gasteiger partial charge is 0.354 e. The molecule has 1 saturated heterocycles. The average Bonchev–Trinajstić information content (AvgIpc) is 2.67. The molecule has 0 spiro atoms. The van der Waals surface area contributed by atoms with Crippen LogP contribution in [-0.2, 0) is 11.2 Å². The van der Waals surface area contributed by atoms with Crippen LogP contribution in [0.15, 0.2) is 0 Å². The SMILES string of the molecule is NC1CCCc2sc(N3CCCNC(=O)C3)nc21. The number of hydrogen-bond donors (Lipinski definition) is 2. The van der Waals surface area contributed by atoms with Gasteiger partial charge in [0.15, 0.2) is 5.13 Å². The molecule has 1 aromatic heterocycles. The van der Waals surface area contributed by atoms with Crippen LogP contribution in [0.4, 0.5) is 5.13 Å². The van der Waals surface area contributed by atoms with Crippen LogP contribution in [-0.4, -0.2) is 30.5 Å². The fourth-order valence-electron chi connectivity index (χ4n) is 2.54. The molecule has 98 valence electrons. The number of nitrogens with one attached hydrogen (secondary N) is 1. The van der Waals surface area contributed by atoms with Gasteiger partial charge >= 0.3 is 0 Å². The summed E-state index contributed by atoms with van der Waals surface area (Å²) < 4.78 is 0. The molecule has 6 heteroatoms. The molecule has 5 nitrogen and oxygen atoms in total. The fraction of sp³-hybridized carbons (Fsp3) is 0.667. The van der Waals surface area contributed by atoms with Crippen molar-refractivity contribution in [2.45, 2.75) is 31.7 Å². The molecule has 0 radical (unpaired) electrons. The fourth-order valence-corrected chi connectivity index (χ4v) is 3.74. The lowest BCUT2D eigenvalue weighted by Crippen LogP contribution is -2.33. The normalized spacial score (nSPS) is 24.4. The van der Waals surface area contributed by atoms with Gasteiger partial charge in [0.1, 0.15) is 0 Å². The van der Waals surface area contributed by atoms with Gasteiger partial charge in [-0.15, -0.1) is 11.3 Å². The van der Waals surface area contributed by atoms with Gasteiger partial charge in [-0.3, -0.25) is 4.79 Å². The molecule has 1 atom stereocenters. The Balaban J connectivity index is 1.85. The first-order chi connectivity index (χ1) is 8.74. The highest BCUT2D eigenvalue weighted by atomic mass is 32.1. The molecular weight excluding hydrogens is 248 g/mol. The number of carbonyl (C=O) groups excluding carboxylic acids is 1. The van der Waals surface area contributed by atoms with Gasteiger partial charge in [-0.05, 0) is 25.7 Å². The Labute approximate surface area is 110 Å². The van der Waals surface area contributed by atoms with Crippen LogP contribution < -0.4 is 16.0 Å². The van der Waals surface area contributed by atoms with Gasteiger partial charge in [0.25, 0.3) is 0 Å². The first-order valence-corrected chi connectivity index (χ1v) is 7.32. The highest BCUT2D eigenvalue weighted by molar-refractivity contribution is 7.15. The van der Waals surface area contributed by atoms with E-state index >= 15 is 0 Å². The van der Waals surface area contributed by atoms with Crippen molar-refractivity contribution >= 4 is 22.4 Å². The Kier molecular flexibility index (Phi) is 3.22. The third kappa shape index (κ3) is 2.22. The highest BCUT2D eigenvalue weighted by Crippen LogP contribution is 2.35. The van der Waals surface area contributed by atoms with E-state index in [-0.39, 0.29) is 11.9 Å². The van der Waals surface area contributed by atoms with Crippen LogP contribution in [0.25, 0.3) is 0 Å². The lowest BCUT2D eigenvalue weighted by Gasteiger charge is -2.17. The predicted octanol–water partition coefficient (Wildman–Crippen LogP) is 0.805. The number of anilines is 1. The summed E-state index contributed by atoms with van der Waals surface area (Å²) >= 11 is 1.71. The van der Waals surface area contributed by atoms with Gasteiger partial charge in [0.2, 0.25) is 5.91 Å². The number of rotatable bonds is 1. The van der Waals surface area contributed by atoms with Crippen molar-refractivity contribution in [2.24, 2.45) is 5.73 Å². The topological polar surface area (TPSA) is 71.2 Å². The minimum absolute atomic E-state index is 0.0829. The number of thiazole rings is 1. The summed E-state index contributed by atoms with van der Waals surface area (Å²) in [6.45, 7) is 2.07. The molecule has 1 aliphatic heterocycles. The van der Waals surface area contributed by atoms with Crippen molar-refractivity contribution in [1.82, 2.24) is 10.3 Å². The van der Waals surface area contributed by atoms with Crippen LogP contribution in [0.2, 0.25) is 0 Å². The van der Waals surface area contributed by atoms with Crippen LogP contribution in [0, 0.1) is 0 Å². The summed E-state index contributed by atoms with van der Waals surface area (Å²) in [5.41, 5.74) is 7.15. The number of aromatic nitrogens is 1. The molecule has 2 heterocycles. The maximum atomic E-state index is 11.6. The van der Waals surface area contributed by atoms with Crippen LogP contribution >= 0.6 is 11.3 Å². The number of hydrogen-bond acceptors (Lipinski definition) is 5. The molecule has 0 bridgehead atoms. The van der Waals surface area contributed by atoms with Crippen LogP contribution in [0.3, 0.4) is 0 Å². The van der Waals surface area contributed by atoms with Gasteiger partial charge in [-0.2, -0.15) is 0 Å². The van der Waals surface area contributed by atoms with E-state index in [4.69, 9.17) is 5.73 Å². The molecule has 1 aromatic rings. The smallest absolute Gasteiger partial charge is 0.239 e. The van der Waals surface area contributed by atoms with Crippen molar-refractivity contribution in [3.63, 3.8) is 0 Å². The third-order valence-electron chi connectivity index (χ3n) is 3.52. The number of fused-ring (bicyclic) bond motifs is 1. The third-order valence-corrected chi connectivity index (χ3v) is 4.71. The van der Waals surface area contributed by atoms with E-state index in [0.717, 1.165) is 49.6 Å². The summed E-state index contributed by atoms with van der Waals surface area (Å²) in [5.74, 6) is 0.0879.